The van der Waals surface area contributed by atoms with E-state index in [1.54, 1.807) is 16.9 Å². The van der Waals surface area contributed by atoms with Gasteiger partial charge in [-0.3, -0.25) is 9.78 Å². The molecule has 76 valence electrons. The first-order chi connectivity index (χ1) is 7.33. The highest BCUT2D eigenvalue weighted by molar-refractivity contribution is 5.75. The van der Waals surface area contributed by atoms with Gasteiger partial charge in [0, 0.05) is 18.0 Å². The number of hydrogen-bond acceptors (Lipinski definition) is 3. The summed E-state index contributed by atoms with van der Waals surface area (Å²) in [6, 6.07) is 1.76. The number of rotatable bonds is 3. The molecule has 0 aliphatic carbocycles. The van der Waals surface area contributed by atoms with Crippen LogP contribution in [0.1, 0.15) is 22.8 Å². The van der Waals surface area contributed by atoms with E-state index < -0.39 is 0 Å². The van der Waals surface area contributed by atoms with Gasteiger partial charge in [-0.15, -0.1) is 0 Å². The lowest BCUT2D eigenvalue weighted by atomic mass is 10.3. The molecule has 0 fully saturated rings. The second-order valence-electron chi connectivity index (χ2n) is 3.24. The minimum atomic E-state index is 0.557. The zero-order chi connectivity index (χ0) is 10.7. The third-order valence-electron chi connectivity index (χ3n) is 2.19. The number of carbonyl (C=O) groups excluding carboxylic acids is 1. The van der Waals surface area contributed by atoms with Crippen molar-refractivity contribution in [1.29, 1.82) is 0 Å². The van der Waals surface area contributed by atoms with Crippen molar-refractivity contribution in [3.63, 3.8) is 0 Å². The van der Waals surface area contributed by atoms with Gasteiger partial charge in [0.2, 0.25) is 0 Å². The summed E-state index contributed by atoms with van der Waals surface area (Å²) in [7, 11) is 0. The monoisotopic (exact) mass is 201 g/mol. The maximum absolute atomic E-state index is 10.6. The van der Waals surface area contributed by atoms with Gasteiger partial charge in [-0.25, -0.2) is 4.68 Å². The van der Waals surface area contributed by atoms with Gasteiger partial charge in [0.25, 0.3) is 0 Å². The number of carbonyl (C=O) groups is 1. The van der Waals surface area contributed by atoms with E-state index in [0.717, 1.165) is 24.0 Å². The van der Waals surface area contributed by atoms with Gasteiger partial charge in [0.05, 0.1) is 18.1 Å². The van der Waals surface area contributed by atoms with Gasteiger partial charge in [-0.1, -0.05) is 6.92 Å². The first-order valence-electron chi connectivity index (χ1n) is 4.77. The van der Waals surface area contributed by atoms with Crippen LogP contribution in [0.25, 0.3) is 5.69 Å². The van der Waals surface area contributed by atoms with Crippen LogP contribution in [-0.4, -0.2) is 21.1 Å². The maximum atomic E-state index is 10.6. The quantitative estimate of drug-likeness (QED) is 0.709. The molecule has 0 aliphatic heterocycles. The lowest BCUT2D eigenvalue weighted by Gasteiger charge is -2.00. The molecule has 0 aromatic carbocycles. The van der Waals surface area contributed by atoms with E-state index in [4.69, 9.17) is 0 Å². The first kappa shape index (κ1) is 9.58. The number of aryl methyl sites for hydroxylation is 1. The third-order valence-corrected chi connectivity index (χ3v) is 2.19. The fourth-order valence-electron chi connectivity index (χ4n) is 1.32. The molecule has 0 unspecified atom stereocenters. The molecular formula is C11H11N3O. The maximum Gasteiger partial charge on any atom is 0.151 e. The minimum absolute atomic E-state index is 0.557. The molecule has 0 saturated heterocycles. The highest BCUT2D eigenvalue weighted by atomic mass is 16.1. The predicted octanol–water partition coefficient (Wildman–Crippen LogP) is 1.64. The van der Waals surface area contributed by atoms with Crippen LogP contribution >= 0.6 is 0 Å². The van der Waals surface area contributed by atoms with Crippen LogP contribution in [0, 0.1) is 0 Å². The van der Waals surface area contributed by atoms with E-state index in [1.165, 1.54) is 6.20 Å². The van der Waals surface area contributed by atoms with Crippen molar-refractivity contribution in [3.05, 3.63) is 42.0 Å². The Kier molecular flexibility index (Phi) is 2.58. The third kappa shape index (κ3) is 1.93. The van der Waals surface area contributed by atoms with Crippen LogP contribution in [0.4, 0.5) is 0 Å². The van der Waals surface area contributed by atoms with Crippen molar-refractivity contribution in [1.82, 2.24) is 14.8 Å². The van der Waals surface area contributed by atoms with Crippen molar-refractivity contribution >= 4 is 6.29 Å². The highest BCUT2D eigenvalue weighted by Gasteiger charge is 2.00. The van der Waals surface area contributed by atoms with Crippen LogP contribution in [0.2, 0.25) is 0 Å². The number of hydrogen-bond donors (Lipinski definition) is 0. The lowest BCUT2D eigenvalue weighted by Crippen LogP contribution is -1.96. The van der Waals surface area contributed by atoms with Crippen LogP contribution in [0.3, 0.4) is 0 Å². The first-order valence-corrected chi connectivity index (χ1v) is 4.77. The molecule has 0 N–H and O–H groups in total. The zero-order valence-electron chi connectivity index (χ0n) is 8.42. The largest absolute Gasteiger partial charge is 0.298 e. The average Bonchev–Trinajstić information content (AvgIpc) is 2.78. The Morgan fingerprint density at radius 3 is 2.93 bits per heavy atom. The van der Waals surface area contributed by atoms with Gasteiger partial charge in [0.1, 0.15) is 0 Å². The Bertz CT molecular complexity index is 476. The summed E-state index contributed by atoms with van der Waals surface area (Å²) in [6.45, 7) is 2.07. The van der Waals surface area contributed by atoms with E-state index in [9.17, 15) is 4.79 Å². The van der Waals surface area contributed by atoms with Gasteiger partial charge >= 0.3 is 0 Å². The van der Waals surface area contributed by atoms with E-state index in [-0.39, 0.29) is 0 Å². The molecule has 0 atom stereocenters. The van der Waals surface area contributed by atoms with Crippen molar-refractivity contribution in [2.75, 3.05) is 0 Å². The van der Waals surface area contributed by atoms with Gasteiger partial charge < -0.3 is 0 Å². The molecule has 0 radical (unpaired) electrons. The minimum Gasteiger partial charge on any atom is -0.298 e. The van der Waals surface area contributed by atoms with E-state index in [0.29, 0.717) is 5.56 Å². The number of nitrogens with zero attached hydrogens (tertiary/aromatic N) is 3. The Balaban J connectivity index is 2.39. The Morgan fingerprint density at radius 1 is 1.40 bits per heavy atom. The van der Waals surface area contributed by atoms with Crippen LogP contribution < -0.4 is 0 Å². The zero-order valence-corrected chi connectivity index (χ0v) is 8.42. The summed E-state index contributed by atoms with van der Waals surface area (Å²) < 4.78 is 1.72. The molecule has 0 amide bonds. The molecule has 0 bridgehead atoms. The smallest absolute Gasteiger partial charge is 0.151 e. The summed E-state index contributed by atoms with van der Waals surface area (Å²) in [5, 5.41) is 4.19. The van der Waals surface area contributed by atoms with Crippen molar-refractivity contribution in [2.24, 2.45) is 0 Å². The fraction of sp³-hybridized carbons (Fsp3) is 0.182. The number of aldehydes is 1. The molecule has 0 spiro atoms. The van der Waals surface area contributed by atoms with Gasteiger partial charge in [-0.2, -0.15) is 5.10 Å². The van der Waals surface area contributed by atoms with Crippen LogP contribution in [-0.2, 0) is 6.42 Å². The summed E-state index contributed by atoms with van der Waals surface area (Å²) in [5.41, 5.74) is 2.52. The summed E-state index contributed by atoms with van der Waals surface area (Å²) in [5.74, 6) is 0. The van der Waals surface area contributed by atoms with Gasteiger partial charge in [-0.05, 0) is 18.1 Å². The molecule has 15 heavy (non-hydrogen) atoms. The number of pyridine rings is 1. The summed E-state index contributed by atoms with van der Waals surface area (Å²) >= 11 is 0. The molecule has 4 nitrogen and oxygen atoms in total. The Morgan fingerprint density at radius 2 is 2.27 bits per heavy atom. The SMILES string of the molecule is CCc1cnn(-c2cncc(C=O)c2)c1. The standard InChI is InChI=1S/C11H11N3O/c1-2-9-5-13-14(7-9)11-3-10(8-15)4-12-6-11/h3-8H,2H2,1H3. The highest BCUT2D eigenvalue weighted by Crippen LogP contribution is 2.08. The Labute approximate surface area is 87.6 Å². The lowest BCUT2D eigenvalue weighted by molar-refractivity contribution is 0.112. The second-order valence-corrected chi connectivity index (χ2v) is 3.24. The number of aromatic nitrogens is 3. The second kappa shape index (κ2) is 4.04. The van der Waals surface area contributed by atoms with Crippen molar-refractivity contribution < 1.29 is 4.79 Å². The molecule has 0 aliphatic rings. The van der Waals surface area contributed by atoms with Gasteiger partial charge in [0.15, 0.2) is 6.29 Å². The molecule has 0 saturated carbocycles. The van der Waals surface area contributed by atoms with Crippen molar-refractivity contribution in [2.45, 2.75) is 13.3 Å². The van der Waals surface area contributed by atoms with Crippen LogP contribution in [0.5, 0.6) is 0 Å². The Hall–Kier alpha value is -1.97. The molecular weight excluding hydrogens is 190 g/mol. The molecule has 2 rings (SSSR count). The molecule has 2 aromatic heterocycles. The van der Waals surface area contributed by atoms with E-state index >= 15 is 0 Å². The average molecular weight is 201 g/mol. The van der Waals surface area contributed by atoms with E-state index in [2.05, 4.69) is 17.0 Å². The molecule has 2 aromatic rings. The summed E-state index contributed by atoms with van der Waals surface area (Å²) in [4.78, 5) is 14.6. The summed E-state index contributed by atoms with van der Waals surface area (Å²) in [6.07, 6.45) is 8.68. The van der Waals surface area contributed by atoms with E-state index in [1.807, 2.05) is 12.4 Å². The molecule has 4 heteroatoms. The predicted molar refractivity (Wildman–Crippen MR) is 56.1 cm³/mol. The topological polar surface area (TPSA) is 47.8 Å². The normalized spacial score (nSPS) is 10.2. The van der Waals surface area contributed by atoms with Crippen molar-refractivity contribution in [3.8, 4) is 5.69 Å². The fourth-order valence-corrected chi connectivity index (χ4v) is 1.32. The van der Waals surface area contributed by atoms with Crippen LogP contribution in [0.15, 0.2) is 30.9 Å². The molecule has 2 heterocycles.